The van der Waals surface area contributed by atoms with Gasteiger partial charge in [-0.3, -0.25) is 14.8 Å². The summed E-state index contributed by atoms with van der Waals surface area (Å²) in [5, 5.41) is 2.97. The average molecular weight is 434 g/mol. The van der Waals surface area contributed by atoms with Gasteiger partial charge < -0.3 is 19.7 Å². The molecule has 32 heavy (non-hydrogen) atoms. The van der Waals surface area contributed by atoms with Crippen molar-refractivity contribution >= 4 is 28.3 Å². The van der Waals surface area contributed by atoms with Gasteiger partial charge in [-0.05, 0) is 43.9 Å². The van der Waals surface area contributed by atoms with E-state index in [1.54, 1.807) is 24.8 Å². The van der Waals surface area contributed by atoms with Gasteiger partial charge >= 0.3 is 0 Å². The first kappa shape index (κ1) is 20.6. The Bertz CT molecular complexity index is 1060. The predicted molar refractivity (Wildman–Crippen MR) is 122 cm³/mol. The number of hydrogen-bond acceptors (Lipinski definition) is 7. The van der Waals surface area contributed by atoms with Gasteiger partial charge in [0.25, 0.3) is 0 Å². The van der Waals surface area contributed by atoms with E-state index in [9.17, 15) is 4.79 Å². The monoisotopic (exact) mass is 433 g/mol. The van der Waals surface area contributed by atoms with Crippen molar-refractivity contribution in [1.82, 2.24) is 15.0 Å². The Labute approximate surface area is 187 Å². The molecule has 2 aliphatic rings. The number of carbonyl (C=O) groups excluding carboxylic acids is 1. The Morgan fingerprint density at radius 1 is 1.06 bits per heavy atom. The number of hydrogen-bond donors (Lipinski definition) is 1. The molecule has 1 aliphatic heterocycles. The van der Waals surface area contributed by atoms with Crippen LogP contribution >= 0.6 is 0 Å². The topological polar surface area (TPSA) is 89.5 Å². The number of amides is 1. The fraction of sp³-hybridized carbons (Fsp3) is 0.417. The Morgan fingerprint density at radius 2 is 1.88 bits per heavy atom. The number of benzene rings is 1. The highest BCUT2D eigenvalue weighted by atomic mass is 16.5. The second-order valence-electron chi connectivity index (χ2n) is 8.29. The molecule has 1 amide bonds. The van der Waals surface area contributed by atoms with Crippen LogP contribution in [0.4, 0.5) is 11.4 Å². The van der Waals surface area contributed by atoms with E-state index in [4.69, 9.17) is 9.47 Å². The lowest BCUT2D eigenvalue weighted by Crippen LogP contribution is -2.36. The van der Waals surface area contributed by atoms with Crippen LogP contribution in [-0.2, 0) is 9.53 Å². The SMILES string of the molecule is O=C(Nc1cccnc1)C1CCC(Oc2cc(N3CCOCC3)cc3nccnc23)CC1. The minimum Gasteiger partial charge on any atom is -0.488 e. The summed E-state index contributed by atoms with van der Waals surface area (Å²) < 4.78 is 11.9. The maximum atomic E-state index is 12.6. The minimum absolute atomic E-state index is 0.00808. The molecule has 5 rings (SSSR count). The second kappa shape index (κ2) is 9.48. The summed E-state index contributed by atoms with van der Waals surface area (Å²) in [4.78, 5) is 28.0. The van der Waals surface area contributed by atoms with Gasteiger partial charge in [-0.1, -0.05) is 0 Å². The number of aromatic nitrogens is 3. The summed E-state index contributed by atoms with van der Waals surface area (Å²) >= 11 is 0. The standard InChI is InChI=1S/C24H27N5O3/c30-24(28-18-2-1-7-25-16-18)17-3-5-20(6-4-17)32-22-15-19(29-10-12-31-13-11-29)14-21-23(22)27-9-8-26-21/h1-2,7-9,14-17,20H,3-6,10-13H2,(H,28,30). The number of morpholine rings is 1. The minimum atomic E-state index is -0.00808. The van der Waals surface area contributed by atoms with E-state index in [1.165, 1.54) is 0 Å². The number of nitrogens with one attached hydrogen (secondary N) is 1. The Balaban J connectivity index is 1.26. The van der Waals surface area contributed by atoms with Crippen molar-refractivity contribution < 1.29 is 14.3 Å². The lowest BCUT2D eigenvalue weighted by Gasteiger charge is -2.31. The molecular formula is C24H27N5O3. The number of carbonyl (C=O) groups is 1. The highest BCUT2D eigenvalue weighted by Crippen LogP contribution is 2.34. The van der Waals surface area contributed by atoms with Gasteiger partial charge in [0, 0.05) is 49.4 Å². The van der Waals surface area contributed by atoms with Crippen LogP contribution in [0.1, 0.15) is 25.7 Å². The molecule has 8 heteroatoms. The van der Waals surface area contributed by atoms with Gasteiger partial charge in [-0.2, -0.15) is 0 Å². The number of rotatable bonds is 5. The van der Waals surface area contributed by atoms with Gasteiger partial charge in [0.15, 0.2) is 0 Å². The summed E-state index contributed by atoms with van der Waals surface area (Å²) in [6.07, 6.45) is 10.1. The molecule has 1 aliphatic carbocycles. The first-order chi connectivity index (χ1) is 15.8. The first-order valence-electron chi connectivity index (χ1n) is 11.2. The molecule has 0 atom stereocenters. The molecule has 0 unspecified atom stereocenters. The molecule has 0 bridgehead atoms. The smallest absolute Gasteiger partial charge is 0.227 e. The summed E-state index contributed by atoms with van der Waals surface area (Å²) in [7, 11) is 0. The normalized spacial score (nSPS) is 21.3. The Morgan fingerprint density at radius 3 is 2.66 bits per heavy atom. The molecule has 1 saturated carbocycles. The van der Waals surface area contributed by atoms with Crippen LogP contribution in [0.15, 0.2) is 49.1 Å². The third-order valence-electron chi connectivity index (χ3n) is 6.17. The molecule has 0 radical (unpaired) electrons. The molecule has 8 nitrogen and oxygen atoms in total. The average Bonchev–Trinajstić information content (AvgIpc) is 2.85. The fourth-order valence-corrected chi connectivity index (χ4v) is 4.43. The van der Waals surface area contributed by atoms with E-state index >= 15 is 0 Å². The van der Waals surface area contributed by atoms with Crippen LogP contribution in [0.2, 0.25) is 0 Å². The molecule has 2 fully saturated rings. The van der Waals surface area contributed by atoms with Gasteiger partial charge in [0.1, 0.15) is 11.3 Å². The van der Waals surface area contributed by atoms with E-state index in [0.717, 1.165) is 80.1 Å². The number of anilines is 2. The van der Waals surface area contributed by atoms with E-state index in [2.05, 4.69) is 37.3 Å². The summed E-state index contributed by atoms with van der Waals surface area (Å²) in [6.45, 7) is 3.14. The zero-order valence-electron chi connectivity index (χ0n) is 17.9. The second-order valence-corrected chi connectivity index (χ2v) is 8.29. The van der Waals surface area contributed by atoms with Crippen LogP contribution in [0.5, 0.6) is 5.75 Å². The van der Waals surface area contributed by atoms with Crippen LogP contribution in [-0.4, -0.2) is 53.3 Å². The highest BCUT2D eigenvalue weighted by Gasteiger charge is 2.28. The summed E-state index contributed by atoms with van der Waals surface area (Å²) in [6, 6.07) is 7.82. The van der Waals surface area contributed by atoms with Crippen molar-refractivity contribution in [3.8, 4) is 5.75 Å². The van der Waals surface area contributed by atoms with Crippen LogP contribution in [0.3, 0.4) is 0 Å². The third kappa shape index (κ3) is 4.65. The molecule has 3 heterocycles. The third-order valence-corrected chi connectivity index (χ3v) is 6.17. The Hall–Kier alpha value is -3.26. The molecule has 166 valence electrons. The summed E-state index contributed by atoms with van der Waals surface area (Å²) in [5.74, 6) is 0.814. The number of pyridine rings is 1. The van der Waals surface area contributed by atoms with Gasteiger partial charge in [0.05, 0.1) is 36.7 Å². The van der Waals surface area contributed by atoms with Gasteiger partial charge in [-0.25, -0.2) is 4.98 Å². The first-order valence-corrected chi connectivity index (χ1v) is 11.2. The molecule has 2 aromatic heterocycles. The summed E-state index contributed by atoms with van der Waals surface area (Å²) in [5.41, 5.74) is 3.43. The molecule has 1 aromatic carbocycles. The van der Waals surface area contributed by atoms with E-state index < -0.39 is 0 Å². The number of nitrogens with zero attached hydrogens (tertiary/aromatic N) is 4. The largest absolute Gasteiger partial charge is 0.488 e. The zero-order chi connectivity index (χ0) is 21.8. The molecule has 3 aromatic rings. The van der Waals surface area contributed by atoms with E-state index in [0.29, 0.717) is 0 Å². The van der Waals surface area contributed by atoms with E-state index in [-0.39, 0.29) is 17.9 Å². The maximum absolute atomic E-state index is 12.6. The predicted octanol–water partition coefficient (Wildman–Crippen LogP) is 3.44. The van der Waals surface area contributed by atoms with Crippen LogP contribution in [0.25, 0.3) is 11.0 Å². The fourth-order valence-electron chi connectivity index (χ4n) is 4.43. The zero-order valence-corrected chi connectivity index (χ0v) is 17.9. The van der Waals surface area contributed by atoms with Crippen LogP contribution in [0, 0.1) is 5.92 Å². The van der Waals surface area contributed by atoms with Crippen molar-refractivity contribution in [2.75, 3.05) is 36.5 Å². The number of fused-ring (bicyclic) bond motifs is 1. The maximum Gasteiger partial charge on any atom is 0.227 e. The van der Waals surface area contributed by atoms with Gasteiger partial charge in [0.2, 0.25) is 5.91 Å². The molecular weight excluding hydrogens is 406 g/mol. The van der Waals surface area contributed by atoms with Gasteiger partial charge in [-0.15, -0.1) is 0 Å². The molecule has 1 N–H and O–H groups in total. The molecule has 1 saturated heterocycles. The Kier molecular flexibility index (Phi) is 6.11. The van der Waals surface area contributed by atoms with Crippen molar-refractivity contribution in [3.05, 3.63) is 49.1 Å². The van der Waals surface area contributed by atoms with Crippen molar-refractivity contribution in [3.63, 3.8) is 0 Å². The van der Waals surface area contributed by atoms with Crippen LogP contribution < -0.4 is 15.0 Å². The quantitative estimate of drug-likeness (QED) is 0.659. The lowest BCUT2D eigenvalue weighted by molar-refractivity contribution is -0.121. The van der Waals surface area contributed by atoms with E-state index in [1.807, 2.05) is 12.1 Å². The number of ether oxygens (including phenoxy) is 2. The van der Waals surface area contributed by atoms with Crippen molar-refractivity contribution in [2.45, 2.75) is 31.8 Å². The molecule has 0 spiro atoms. The highest BCUT2D eigenvalue weighted by molar-refractivity contribution is 5.92. The van der Waals surface area contributed by atoms with Crippen molar-refractivity contribution in [1.29, 1.82) is 0 Å². The van der Waals surface area contributed by atoms with Crippen molar-refractivity contribution in [2.24, 2.45) is 5.92 Å². The lowest BCUT2D eigenvalue weighted by atomic mass is 9.86.